The lowest BCUT2D eigenvalue weighted by molar-refractivity contribution is 0.600. The van der Waals surface area contributed by atoms with Gasteiger partial charge >= 0.3 is 0 Å². The number of aryl methyl sites for hydroxylation is 1. The Morgan fingerprint density at radius 3 is 2.39 bits per heavy atom. The Kier molecular flexibility index (Phi) is 5.87. The van der Waals surface area contributed by atoms with Gasteiger partial charge in [0.05, 0.1) is 10.5 Å². The molecule has 33 heavy (non-hydrogen) atoms. The van der Waals surface area contributed by atoms with Gasteiger partial charge in [-0.2, -0.15) is 10.2 Å². The first-order valence-electron chi connectivity index (χ1n) is 9.67. The van der Waals surface area contributed by atoms with Crippen LogP contribution in [0.4, 0.5) is 27.5 Å². The SMILES string of the molecule is Cc1cc(N(C)C)nc(Nc2ccc(NS(=O)(=O)c3ccc(F)c(-c4nn[nH]n4)c3)cc2)n1. The predicted octanol–water partition coefficient (Wildman–Crippen LogP) is 2.71. The van der Waals surface area contributed by atoms with Crippen molar-refractivity contribution in [2.45, 2.75) is 11.8 Å². The number of hydrogen-bond acceptors (Lipinski definition) is 9. The largest absolute Gasteiger partial charge is 0.363 e. The van der Waals surface area contributed by atoms with Crippen molar-refractivity contribution < 1.29 is 12.8 Å². The van der Waals surface area contributed by atoms with E-state index in [9.17, 15) is 12.8 Å². The molecule has 0 bridgehead atoms. The molecule has 4 aromatic rings. The summed E-state index contributed by atoms with van der Waals surface area (Å²) in [5, 5.41) is 16.1. The van der Waals surface area contributed by atoms with Gasteiger partial charge in [-0.15, -0.1) is 10.2 Å². The molecule has 170 valence electrons. The maximum Gasteiger partial charge on any atom is 0.261 e. The molecule has 0 fully saturated rings. The highest BCUT2D eigenvalue weighted by atomic mass is 32.2. The molecule has 0 saturated carbocycles. The van der Waals surface area contributed by atoms with E-state index in [4.69, 9.17) is 0 Å². The third-order valence-corrected chi connectivity index (χ3v) is 5.91. The number of tetrazole rings is 1. The van der Waals surface area contributed by atoms with E-state index in [1.54, 1.807) is 24.3 Å². The Morgan fingerprint density at radius 2 is 1.73 bits per heavy atom. The first-order valence-corrected chi connectivity index (χ1v) is 11.2. The third-order valence-electron chi connectivity index (χ3n) is 4.53. The van der Waals surface area contributed by atoms with Gasteiger partial charge in [0.1, 0.15) is 11.6 Å². The Bertz CT molecular complexity index is 1380. The molecule has 0 spiro atoms. The Labute approximate surface area is 189 Å². The summed E-state index contributed by atoms with van der Waals surface area (Å²) in [6.45, 7) is 1.87. The summed E-state index contributed by atoms with van der Waals surface area (Å²) in [6, 6.07) is 11.8. The van der Waals surface area contributed by atoms with E-state index < -0.39 is 15.8 Å². The fraction of sp³-hybridized carbons (Fsp3) is 0.150. The van der Waals surface area contributed by atoms with Crippen LogP contribution in [0.15, 0.2) is 53.4 Å². The minimum atomic E-state index is -3.99. The first kappa shape index (κ1) is 22.1. The molecule has 11 nitrogen and oxygen atoms in total. The van der Waals surface area contributed by atoms with Crippen molar-refractivity contribution in [1.29, 1.82) is 0 Å². The zero-order chi connectivity index (χ0) is 23.6. The number of nitrogens with zero attached hydrogens (tertiary/aromatic N) is 6. The van der Waals surface area contributed by atoms with Crippen molar-refractivity contribution in [3.05, 3.63) is 60.0 Å². The molecule has 0 atom stereocenters. The molecule has 0 aliphatic heterocycles. The molecule has 2 heterocycles. The lowest BCUT2D eigenvalue weighted by Crippen LogP contribution is -2.13. The maximum absolute atomic E-state index is 14.1. The molecule has 0 unspecified atom stereocenters. The molecule has 2 aromatic heterocycles. The van der Waals surface area contributed by atoms with Crippen molar-refractivity contribution in [3.8, 4) is 11.4 Å². The monoisotopic (exact) mass is 469 g/mol. The van der Waals surface area contributed by atoms with Gasteiger partial charge in [0.25, 0.3) is 10.0 Å². The number of aromatic nitrogens is 6. The smallest absolute Gasteiger partial charge is 0.261 e. The zero-order valence-corrected chi connectivity index (χ0v) is 18.7. The number of rotatable bonds is 7. The van der Waals surface area contributed by atoms with Gasteiger partial charge in [0.2, 0.25) is 11.8 Å². The molecule has 0 radical (unpaired) electrons. The Hall–Kier alpha value is -4.13. The predicted molar refractivity (Wildman–Crippen MR) is 121 cm³/mol. The second-order valence-electron chi connectivity index (χ2n) is 7.27. The van der Waals surface area contributed by atoms with Crippen LogP contribution in [-0.4, -0.2) is 53.1 Å². The molecular formula is C20H20FN9O2S. The van der Waals surface area contributed by atoms with E-state index in [0.29, 0.717) is 17.3 Å². The van der Waals surface area contributed by atoms with E-state index >= 15 is 0 Å². The van der Waals surface area contributed by atoms with E-state index in [1.165, 1.54) is 0 Å². The zero-order valence-electron chi connectivity index (χ0n) is 17.9. The van der Waals surface area contributed by atoms with Crippen LogP contribution in [-0.2, 0) is 10.0 Å². The topological polar surface area (TPSA) is 142 Å². The summed E-state index contributed by atoms with van der Waals surface area (Å²) in [5.41, 5.74) is 1.72. The lowest BCUT2D eigenvalue weighted by Gasteiger charge is -2.14. The standard InChI is InChI=1S/C20H20FN9O2S/c1-12-10-18(30(2)3)24-20(22-12)23-13-4-6-14(7-5-13)27-33(31,32)15-8-9-17(21)16(11-15)19-25-28-29-26-19/h4-11,27H,1-3H3,(H,22,23,24)(H,25,26,28,29). The number of anilines is 4. The summed E-state index contributed by atoms with van der Waals surface area (Å²) < 4.78 is 42.2. The number of benzene rings is 2. The summed E-state index contributed by atoms with van der Waals surface area (Å²) >= 11 is 0. The van der Waals surface area contributed by atoms with Crippen LogP contribution in [0, 0.1) is 12.7 Å². The van der Waals surface area contributed by atoms with Crippen LogP contribution in [0.3, 0.4) is 0 Å². The Morgan fingerprint density at radius 1 is 1.00 bits per heavy atom. The summed E-state index contributed by atoms with van der Waals surface area (Å²) in [6.07, 6.45) is 0. The average Bonchev–Trinajstić information content (AvgIpc) is 3.29. The van der Waals surface area contributed by atoms with Gasteiger partial charge in [-0.05, 0) is 54.6 Å². The van der Waals surface area contributed by atoms with Crippen molar-refractivity contribution in [2.24, 2.45) is 0 Å². The van der Waals surface area contributed by atoms with Crippen LogP contribution in [0.1, 0.15) is 5.69 Å². The van der Waals surface area contributed by atoms with Gasteiger partial charge < -0.3 is 10.2 Å². The van der Waals surface area contributed by atoms with Crippen molar-refractivity contribution in [3.63, 3.8) is 0 Å². The molecule has 0 saturated heterocycles. The molecule has 4 rings (SSSR count). The number of aromatic amines is 1. The molecule has 0 amide bonds. The highest BCUT2D eigenvalue weighted by molar-refractivity contribution is 7.92. The average molecular weight is 470 g/mol. The number of H-pyrrole nitrogens is 1. The number of sulfonamides is 1. The summed E-state index contributed by atoms with van der Waals surface area (Å²) in [5.74, 6) is 0.471. The Balaban J connectivity index is 1.52. The van der Waals surface area contributed by atoms with Crippen LogP contribution in [0.2, 0.25) is 0 Å². The lowest BCUT2D eigenvalue weighted by atomic mass is 10.2. The molecule has 13 heteroatoms. The maximum atomic E-state index is 14.1. The number of hydrogen-bond donors (Lipinski definition) is 3. The van der Waals surface area contributed by atoms with Gasteiger partial charge in [-0.3, -0.25) is 4.72 Å². The van der Waals surface area contributed by atoms with Crippen molar-refractivity contribution in [1.82, 2.24) is 30.6 Å². The molecule has 0 aliphatic carbocycles. The van der Waals surface area contributed by atoms with Crippen LogP contribution in [0.25, 0.3) is 11.4 Å². The fourth-order valence-electron chi connectivity index (χ4n) is 2.92. The highest BCUT2D eigenvalue weighted by Crippen LogP contribution is 2.25. The van der Waals surface area contributed by atoms with Gasteiger partial charge in [0, 0.05) is 37.2 Å². The molecular weight excluding hydrogens is 449 g/mol. The van der Waals surface area contributed by atoms with Crippen LogP contribution >= 0.6 is 0 Å². The minimum Gasteiger partial charge on any atom is -0.363 e. The van der Waals surface area contributed by atoms with E-state index in [2.05, 4.69) is 40.6 Å². The third kappa shape index (κ3) is 5.03. The normalized spacial score (nSPS) is 11.3. The highest BCUT2D eigenvalue weighted by Gasteiger charge is 2.19. The number of nitrogens with one attached hydrogen (secondary N) is 3. The fourth-order valence-corrected chi connectivity index (χ4v) is 4.00. The number of halogens is 1. The first-order chi connectivity index (χ1) is 15.7. The van der Waals surface area contributed by atoms with E-state index in [1.807, 2.05) is 32.0 Å². The van der Waals surface area contributed by atoms with Crippen molar-refractivity contribution >= 4 is 33.2 Å². The minimum absolute atomic E-state index is 0.0456. The second-order valence-corrected chi connectivity index (χ2v) is 8.95. The molecule has 2 aromatic carbocycles. The molecule has 3 N–H and O–H groups in total. The van der Waals surface area contributed by atoms with Crippen LogP contribution < -0.4 is 14.9 Å². The summed E-state index contributed by atoms with van der Waals surface area (Å²) in [7, 11) is -0.214. The molecule has 0 aliphatic rings. The quantitative estimate of drug-likeness (QED) is 0.372. The summed E-state index contributed by atoms with van der Waals surface area (Å²) in [4.78, 5) is 10.5. The van der Waals surface area contributed by atoms with E-state index in [0.717, 1.165) is 29.7 Å². The van der Waals surface area contributed by atoms with Gasteiger partial charge in [0.15, 0.2) is 0 Å². The van der Waals surface area contributed by atoms with Gasteiger partial charge in [-0.25, -0.2) is 17.8 Å². The second kappa shape index (κ2) is 8.78. The van der Waals surface area contributed by atoms with Crippen molar-refractivity contribution in [2.75, 3.05) is 29.0 Å². The van der Waals surface area contributed by atoms with Crippen LogP contribution in [0.5, 0.6) is 0 Å². The van der Waals surface area contributed by atoms with Gasteiger partial charge in [-0.1, -0.05) is 0 Å². The van der Waals surface area contributed by atoms with E-state index in [-0.39, 0.29) is 16.3 Å².